The van der Waals surface area contributed by atoms with Crippen LogP contribution in [0.15, 0.2) is 0 Å². The highest BCUT2D eigenvalue weighted by molar-refractivity contribution is 8.19. The van der Waals surface area contributed by atoms with E-state index in [1.54, 1.807) is 4.90 Å². The maximum atomic E-state index is 12.6. The molecule has 2 N–H and O–H groups in total. The Balaban J connectivity index is 2.87. The smallest absolute Gasteiger partial charge is 0.410 e. The third kappa shape index (κ3) is 7.36. The van der Waals surface area contributed by atoms with Gasteiger partial charge in [0.05, 0.1) is 36.2 Å². The number of likely N-dealkylation sites (tertiary alicyclic amines) is 1. The molecule has 0 spiro atoms. The van der Waals surface area contributed by atoms with Crippen LogP contribution in [-0.2, 0) is 13.3 Å². The molecule has 0 bridgehead atoms. The molecule has 26 heavy (non-hydrogen) atoms. The molecule has 1 amide bonds. The summed E-state index contributed by atoms with van der Waals surface area (Å²) >= 11 is 0. The molecule has 156 valence electrons. The molecule has 0 aromatic rings. The zero-order valence-electron chi connectivity index (χ0n) is 17.7. The molecular weight excluding hydrogens is 374 g/mol. The van der Waals surface area contributed by atoms with E-state index in [4.69, 9.17) is 13.3 Å². The van der Waals surface area contributed by atoms with Gasteiger partial charge in [0.1, 0.15) is 5.60 Å². The molecule has 1 fully saturated rings. The van der Waals surface area contributed by atoms with Gasteiger partial charge >= 0.3 is 6.09 Å². The Labute approximate surface area is 161 Å². The van der Waals surface area contributed by atoms with E-state index in [1.807, 2.05) is 20.8 Å². The van der Waals surface area contributed by atoms with Gasteiger partial charge in [-0.1, -0.05) is 20.8 Å². The first-order valence-corrected chi connectivity index (χ1v) is 13.8. The fraction of sp³-hybridized carbons (Fsp3) is 0.941. The predicted octanol–water partition coefficient (Wildman–Crippen LogP) is 4.70. The van der Waals surface area contributed by atoms with Crippen molar-refractivity contribution in [3.63, 3.8) is 0 Å². The van der Waals surface area contributed by atoms with Gasteiger partial charge in [-0.3, -0.25) is 4.18 Å². The van der Waals surface area contributed by atoms with Crippen LogP contribution in [0, 0.1) is 0 Å². The van der Waals surface area contributed by atoms with Crippen molar-refractivity contribution in [3.05, 3.63) is 0 Å². The van der Waals surface area contributed by atoms with Crippen LogP contribution in [0.5, 0.6) is 0 Å². The summed E-state index contributed by atoms with van der Waals surface area (Å²) in [6.07, 6.45) is 0.840. The lowest BCUT2D eigenvalue weighted by Crippen LogP contribution is -2.46. The van der Waals surface area contributed by atoms with Crippen molar-refractivity contribution in [1.82, 2.24) is 4.90 Å². The number of amides is 1. The zero-order valence-corrected chi connectivity index (χ0v) is 19.5. The lowest BCUT2D eigenvalue weighted by Gasteiger charge is -2.38. The first-order chi connectivity index (χ1) is 11.4. The van der Waals surface area contributed by atoms with Crippen molar-refractivity contribution < 1.29 is 27.2 Å². The lowest BCUT2D eigenvalue weighted by atomic mass is 10.2. The number of ether oxygens (including phenoxy) is 1. The van der Waals surface area contributed by atoms with Crippen LogP contribution < -0.4 is 0 Å². The van der Waals surface area contributed by atoms with Crippen molar-refractivity contribution in [1.29, 1.82) is 0 Å². The third-order valence-corrected chi connectivity index (χ3v) is 9.90. The largest absolute Gasteiger partial charge is 0.444 e. The lowest BCUT2D eigenvalue weighted by molar-refractivity contribution is 0.0170. The van der Waals surface area contributed by atoms with E-state index < -0.39 is 37.0 Å². The van der Waals surface area contributed by atoms with Crippen LogP contribution in [0.1, 0.15) is 48.0 Å². The molecule has 1 rings (SSSR count). The monoisotopic (exact) mass is 411 g/mol. The number of hydrogen-bond donors (Lipinski definition) is 2. The van der Waals surface area contributed by atoms with Gasteiger partial charge in [-0.2, -0.15) is 0 Å². The summed E-state index contributed by atoms with van der Waals surface area (Å²) in [5.74, 6) is 0. The minimum atomic E-state index is -3.09. The standard InChI is InChI=1S/C17H37NO6SSi/c1-16(2,3)23-15(19)18-11-14(24-25(7,20)21)10-13(18)12-22-26(8,9)17(4,5)6/h13-14,20-21H,10-12H2,1-9H3/t13-,14+/m0/s1. The topological polar surface area (TPSA) is 88.5 Å². The highest BCUT2D eigenvalue weighted by atomic mass is 32.3. The van der Waals surface area contributed by atoms with Crippen molar-refractivity contribution in [2.75, 3.05) is 19.4 Å². The maximum absolute atomic E-state index is 12.6. The van der Waals surface area contributed by atoms with Crippen molar-refractivity contribution in [3.8, 4) is 0 Å². The molecule has 9 heteroatoms. The van der Waals surface area contributed by atoms with Gasteiger partial charge in [-0.25, -0.2) is 4.79 Å². The van der Waals surface area contributed by atoms with E-state index >= 15 is 0 Å². The molecule has 0 radical (unpaired) electrons. The van der Waals surface area contributed by atoms with E-state index in [2.05, 4.69) is 33.9 Å². The predicted molar refractivity (Wildman–Crippen MR) is 108 cm³/mol. The fourth-order valence-electron chi connectivity index (χ4n) is 2.42. The van der Waals surface area contributed by atoms with Gasteiger partial charge in [0.25, 0.3) is 0 Å². The first kappa shape index (κ1) is 23.7. The average molecular weight is 412 g/mol. The highest BCUT2D eigenvalue weighted by Gasteiger charge is 2.43. The second-order valence-electron chi connectivity index (χ2n) is 9.57. The van der Waals surface area contributed by atoms with Crippen LogP contribution in [-0.4, -0.2) is 65.6 Å². The van der Waals surface area contributed by atoms with Gasteiger partial charge in [0, 0.05) is 6.26 Å². The van der Waals surface area contributed by atoms with Crippen LogP contribution in [0.4, 0.5) is 4.79 Å². The Morgan fingerprint density at radius 1 is 1.19 bits per heavy atom. The number of nitrogens with zero attached hydrogens (tertiary/aromatic N) is 1. The molecule has 0 aromatic heterocycles. The van der Waals surface area contributed by atoms with E-state index in [9.17, 15) is 13.9 Å². The average Bonchev–Trinajstić information content (AvgIpc) is 2.73. The van der Waals surface area contributed by atoms with Crippen molar-refractivity contribution >= 4 is 25.3 Å². The Morgan fingerprint density at radius 3 is 2.15 bits per heavy atom. The molecule has 2 atom stereocenters. The summed E-state index contributed by atoms with van der Waals surface area (Å²) in [7, 11) is -5.06. The van der Waals surface area contributed by atoms with Gasteiger partial charge in [-0.05, 0) is 45.3 Å². The highest BCUT2D eigenvalue weighted by Crippen LogP contribution is 2.41. The number of hydrogen-bond acceptors (Lipinski definition) is 6. The number of carbonyl (C=O) groups excluding carboxylic acids is 1. The maximum Gasteiger partial charge on any atom is 0.410 e. The van der Waals surface area contributed by atoms with Gasteiger partial charge in [-0.15, -0.1) is 0 Å². The molecule has 1 aliphatic rings. The summed E-state index contributed by atoms with van der Waals surface area (Å²) in [6.45, 7) is 16.9. The fourth-order valence-corrected chi connectivity index (χ4v) is 4.12. The van der Waals surface area contributed by atoms with Gasteiger partial charge in [0.15, 0.2) is 8.32 Å². The second kappa shape index (κ2) is 7.96. The minimum absolute atomic E-state index is 0.0666. The Kier molecular flexibility index (Phi) is 7.26. The Morgan fingerprint density at radius 2 is 1.73 bits per heavy atom. The van der Waals surface area contributed by atoms with Gasteiger partial charge in [0.2, 0.25) is 0 Å². The summed E-state index contributed by atoms with van der Waals surface area (Å²) in [5.41, 5.74) is -0.603. The minimum Gasteiger partial charge on any atom is -0.444 e. The molecule has 1 heterocycles. The molecular formula is C17H37NO6SSi. The quantitative estimate of drug-likeness (QED) is 0.638. The van der Waals surface area contributed by atoms with Crippen LogP contribution in [0.2, 0.25) is 18.1 Å². The Bertz CT molecular complexity index is 495. The number of rotatable bonds is 5. The summed E-state index contributed by atoms with van der Waals surface area (Å²) < 4.78 is 36.3. The molecule has 0 saturated carbocycles. The first-order valence-electron chi connectivity index (χ1n) is 8.96. The summed E-state index contributed by atoms with van der Waals surface area (Å²) in [4.78, 5) is 14.2. The van der Waals surface area contributed by atoms with E-state index in [0.29, 0.717) is 13.0 Å². The van der Waals surface area contributed by atoms with Crippen LogP contribution in [0.3, 0.4) is 0 Å². The Hall–Kier alpha value is -0.323. The second-order valence-corrected chi connectivity index (χ2v) is 16.1. The van der Waals surface area contributed by atoms with Crippen LogP contribution >= 0.6 is 10.9 Å². The van der Waals surface area contributed by atoms with Crippen molar-refractivity contribution in [2.45, 2.75) is 83.8 Å². The molecule has 1 aliphatic heterocycles. The zero-order chi connectivity index (χ0) is 20.6. The van der Waals surface area contributed by atoms with Crippen molar-refractivity contribution in [2.24, 2.45) is 0 Å². The third-order valence-electron chi connectivity index (χ3n) is 4.77. The number of carbonyl (C=O) groups is 1. The molecule has 0 unspecified atom stereocenters. The van der Waals surface area contributed by atoms with Gasteiger partial charge < -0.3 is 23.2 Å². The van der Waals surface area contributed by atoms with E-state index in [0.717, 1.165) is 0 Å². The summed E-state index contributed by atoms with van der Waals surface area (Å²) in [5, 5.41) is 0.0666. The normalized spacial score (nSPS) is 23.3. The molecule has 0 aromatic carbocycles. The summed E-state index contributed by atoms with van der Waals surface area (Å²) in [6, 6.07) is -0.217. The molecule has 7 nitrogen and oxygen atoms in total. The SMILES string of the molecule is CC(C)(C)OC(=O)N1C[C@H](OS(C)(O)O)C[C@H]1CO[Si](C)(C)C(C)(C)C. The molecule has 1 saturated heterocycles. The van der Waals surface area contributed by atoms with E-state index in [-0.39, 0.29) is 17.6 Å². The molecule has 0 aliphatic carbocycles. The van der Waals surface area contributed by atoms with Crippen LogP contribution in [0.25, 0.3) is 0 Å². The van der Waals surface area contributed by atoms with E-state index in [1.165, 1.54) is 6.26 Å².